The first kappa shape index (κ1) is 24.4. The molecule has 42 heavy (non-hydrogen) atoms. The maximum Gasteiger partial charge on any atom is 0.209 e. The molecule has 3 aromatic carbocycles. The Balaban J connectivity index is 1.58. The Kier molecular flexibility index (Phi) is 4.85. The molecule has 0 amide bonds. The number of imidazole rings is 2. The first-order valence-electron chi connectivity index (χ1n) is 14.2. The van der Waals surface area contributed by atoms with E-state index in [2.05, 4.69) is 112 Å². The van der Waals surface area contributed by atoms with Crippen molar-refractivity contribution in [1.82, 2.24) is 29.1 Å². The molecule has 0 saturated carbocycles. The van der Waals surface area contributed by atoms with Crippen molar-refractivity contribution in [2.75, 3.05) is 0 Å². The zero-order valence-corrected chi connectivity index (χ0v) is 23.9. The number of hydrogen-bond donors (Lipinski definition) is 2. The minimum absolute atomic E-state index is 0.480. The molecule has 0 unspecified atom stereocenters. The molecule has 5 heterocycles. The maximum atomic E-state index is 8.06. The van der Waals surface area contributed by atoms with Crippen LogP contribution in [0.25, 0.3) is 49.7 Å². The molecule has 0 radical (unpaired) electrons. The molecule has 8 rings (SSSR count). The van der Waals surface area contributed by atoms with Crippen LogP contribution >= 0.6 is 0 Å². The van der Waals surface area contributed by atoms with E-state index in [4.69, 9.17) is 16.5 Å². The fourth-order valence-corrected chi connectivity index (χ4v) is 6.50. The van der Waals surface area contributed by atoms with Crippen molar-refractivity contribution in [3.63, 3.8) is 0 Å². The number of hydrogen-bond acceptors (Lipinski definition) is 2. The van der Waals surface area contributed by atoms with Gasteiger partial charge in [-0.15, -0.1) is 0 Å². The van der Waals surface area contributed by atoms with Crippen molar-refractivity contribution in [2.24, 2.45) is 0 Å². The Bertz CT molecular complexity index is 2200. The van der Waals surface area contributed by atoms with E-state index in [0.717, 1.165) is 67.9 Å². The van der Waals surface area contributed by atoms with Gasteiger partial charge in [0.1, 0.15) is 22.7 Å². The van der Waals surface area contributed by atoms with E-state index in [-0.39, 0.29) is 0 Å². The molecule has 0 spiro atoms. The van der Waals surface area contributed by atoms with Gasteiger partial charge in [0, 0.05) is 22.8 Å². The highest BCUT2D eigenvalue weighted by molar-refractivity contribution is 6.02. The first-order chi connectivity index (χ1) is 20.3. The Morgan fingerprint density at radius 2 is 1.19 bits per heavy atom. The number of fused-ring (bicyclic) bond motifs is 7. The summed E-state index contributed by atoms with van der Waals surface area (Å²) in [6, 6.07) is 31.2. The van der Waals surface area contributed by atoms with Crippen LogP contribution in [-0.2, 0) is 10.8 Å². The molecule has 0 atom stereocenters. The average molecular weight is 548 g/mol. The van der Waals surface area contributed by atoms with Crippen LogP contribution in [-0.4, -0.2) is 29.1 Å². The van der Waals surface area contributed by atoms with E-state index < -0.39 is 10.8 Å². The predicted octanol–water partition coefficient (Wildman–Crippen LogP) is 8.20. The van der Waals surface area contributed by atoms with Crippen LogP contribution in [0.5, 0.6) is 0 Å². The smallest absolute Gasteiger partial charge is 0.209 e. The normalized spacial score (nSPS) is 15.0. The highest BCUT2D eigenvalue weighted by atomic mass is 15.1. The fraction of sp³-hybridized carbons (Fsp3) is 0.171. The molecule has 2 N–H and O–H groups in total. The largest absolute Gasteiger partial charge is 0.367 e. The van der Waals surface area contributed by atoms with Gasteiger partial charge in [0.25, 0.3) is 0 Å². The number of benzene rings is 3. The topological polar surface area (TPSA) is 71.6 Å². The number of aromatic amines is 2. The summed E-state index contributed by atoms with van der Waals surface area (Å²) < 4.78 is 4.49. The van der Waals surface area contributed by atoms with Crippen LogP contribution < -0.4 is 0 Å². The van der Waals surface area contributed by atoms with Crippen LogP contribution in [0.1, 0.15) is 50.7 Å². The third kappa shape index (κ3) is 3.20. The summed E-state index contributed by atoms with van der Waals surface area (Å²) in [6.07, 6.45) is 0. The van der Waals surface area contributed by atoms with E-state index in [1.54, 1.807) is 0 Å². The molecule has 4 aromatic heterocycles. The molecule has 1 aliphatic rings. The van der Waals surface area contributed by atoms with E-state index >= 15 is 0 Å². The first-order valence-corrected chi connectivity index (χ1v) is 14.2. The number of rotatable bonds is 2. The third-order valence-corrected chi connectivity index (χ3v) is 8.79. The predicted molar refractivity (Wildman–Crippen MR) is 167 cm³/mol. The Hall–Kier alpha value is -5.35. The van der Waals surface area contributed by atoms with Crippen LogP contribution in [0, 0.1) is 6.57 Å². The molecule has 0 fully saturated rings. The molecule has 204 valence electrons. The van der Waals surface area contributed by atoms with E-state index in [0.29, 0.717) is 5.69 Å². The van der Waals surface area contributed by atoms with E-state index in [1.807, 2.05) is 30.3 Å². The van der Waals surface area contributed by atoms with Gasteiger partial charge in [-0.05, 0) is 82.3 Å². The number of para-hydroxylation sites is 2. The van der Waals surface area contributed by atoms with Crippen molar-refractivity contribution in [3.05, 3.63) is 125 Å². The Morgan fingerprint density at radius 1 is 0.643 bits per heavy atom. The standard InChI is InChI=1S/C35H29N7/c1-34(2)28-19-16-23(37-28)24-20-25(36-5)31(38-24)35(3,4)33-40-30-27(42(33)22-14-10-7-11-15-22)18-17-26-29(30)39-32(34)41(26)21-12-8-6-9-13-21/h6-20,37-38H,1-4H3. The number of H-pyrrole nitrogens is 2. The molecule has 7 heteroatoms. The maximum absolute atomic E-state index is 8.06. The van der Waals surface area contributed by atoms with Crippen molar-refractivity contribution in [1.29, 1.82) is 0 Å². The second kappa shape index (κ2) is 8.34. The quantitative estimate of drug-likeness (QED) is 0.214. The second-order valence-corrected chi connectivity index (χ2v) is 12.1. The molecular weight excluding hydrogens is 518 g/mol. The zero-order chi connectivity index (χ0) is 28.8. The van der Waals surface area contributed by atoms with Gasteiger partial charge in [0.15, 0.2) is 0 Å². The molecule has 1 aliphatic heterocycles. The van der Waals surface area contributed by atoms with Crippen LogP contribution in [0.4, 0.5) is 5.69 Å². The molecule has 7 aromatic rings. The molecule has 8 bridgehead atoms. The van der Waals surface area contributed by atoms with Crippen molar-refractivity contribution >= 4 is 27.8 Å². The Morgan fingerprint density at radius 3 is 1.74 bits per heavy atom. The average Bonchev–Trinajstić information content (AvgIpc) is 3.80. The number of nitrogens with zero attached hydrogens (tertiary/aromatic N) is 5. The van der Waals surface area contributed by atoms with E-state index in [1.165, 1.54) is 0 Å². The molecule has 7 nitrogen and oxygen atoms in total. The summed E-state index contributed by atoms with van der Waals surface area (Å²) in [6.45, 7) is 16.7. The minimum Gasteiger partial charge on any atom is -0.367 e. The summed E-state index contributed by atoms with van der Waals surface area (Å²) in [5.41, 5.74) is 8.89. The van der Waals surface area contributed by atoms with Crippen molar-refractivity contribution in [3.8, 4) is 22.8 Å². The highest BCUT2D eigenvalue weighted by Gasteiger charge is 2.37. The molecular formula is C35H29N7. The van der Waals surface area contributed by atoms with Gasteiger partial charge in [0.2, 0.25) is 5.69 Å². The molecule has 0 aliphatic carbocycles. The third-order valence-electron chi connectivity index (χ3n) is 8.79. The summed E-state index contributed by atoms with van der Waals surface area (Å²) in [7, 11) is 0. The van der Waals surface area contributed by atoms with Gasteiger partial charge >= 0.3 is 0 Å². The van der Waals surface area contributed by atoms with Crippen LogP contribution in [0.2, 0.25) is 0 Å². The SMILES string of the molecule is [C-]#[N+]c1cc2[nH]c1C(C)(C)c1nc3c4nc(n(-c5ccccc5)c4ccc3n1-c1ccccc1)C(C)(C)c1ccc-2[nH]1. The van der Waals surface area contributed by atoms with Gasteiger partial charge in [-0.25, -0.2) is 14.8 Å². The van der Waals surface area contributed by atoms with Crippen LogP contribution in [0.15, 0.2) is 91.0 Å². The van der Waals surface area contributed by atoms with Gasteiger partial charge in [-0.3, -0.25) is 9.13 Å². The van der Waals surface area contributed by atoms with Gasteiger partial charge < -0.3 is 9.97 Å². The van der Waals surface area contributed by atoms with Gasteiger partial charge in [0.05, 0.1) is 39.8 Å². The lowest BCUT2D eigenvalue weighted by Crippen LogP contribution is -2.25. The van der Waals surface area contributed by atoms with Crippen molar-refractivity contribution in [2.45, 2.75) is 38.5 Å². The number of aromatic nitrogens is 6. The second-order valence-electron chi connectivity index (χ2n) is 12.1. The zero-order valence-electron chi connectivity index (χ0n) is 23.9. The summed E-state index contributed by atoms with van der Waals surface area (Å²) in [5.74, 6) is 1.76. The number of nitrogens with one attached hydrogen (secondary N) is 2. The highest BCUT2D eigenvalue weighted by Crippen LogP contribution is 2.44. The molecule has 0 saturated heterocycles. The van der Waals surface area contributed by atoms with Crippen molar-refractivity contribution < 1.29 is 0 Å². The minimum atomic E-state index is -0.636. The van der Waals surface area contributed by atoms with Gasteiger partial charge in [-0.1, -0.05) is 36.4 Å². The fourth-order valence-electron chi connectivity index (χ4n) is 6.50. The Labute approximate surface area is 243 Å². The van der Waals surface area contributed by atoms with Gasteiger partial charge in [-0.2, -0.15) is 0 Å². The summed E-state index contributed by atoms with van der Waals surface area (Å²) in [4.78, 5) is 22.1. The van der Waals surface area contributed by atoms with E-state index in [9.17, 15) is 0 Å². The monoisotopic (exact) mass is 547 g/mol. The lowest BCUT2D eigenvalue weighted by atomic mass is 9.87. The lowest BCUT2D eigenvalue weighted by molar-refractivity contribution is 0.566. The summed E-state index contributed by atoms with van der Waals surface area (Å²) in [5, 5.41) is 0. The lowest BCUT2D eigenvalue weighted by Gasteiger charge is -2.26. The summed E-state index contributed by atoms with van der Waals surface area (Å²) >= 11 is 0. The van der Waals surface area contributed by atoms with Crippen LogP contribution in [0.3, 0.4) is 0 Å².